The number of carbonyl (C=O) groups is 1. The second-order valence-corrected chi connectivity index (χ2v) is 4.14. The highest BCUT2D eigenvalue weighted by Crippen LogP contribution is 2.12. The molecule has 0 aliphatic rings. The highest BCUT2D eigenvalue weighted by Gasteiger charge is 2.10. The molecule has 15 heavy (non-hydrogen) atoms. The Bertz CT molecular complexity index is 356. The SMILES string of the molecule is CCc1cc(C)ccc1C(=O)NC(C)C. The summed E-state index contributed by atoms with van der Waals surface area (Å²) in [7, 11) is 0. The molecule has 0 spiro atoms. The Labute approximate surface area is 91.7 Å². The largest absolute Gasteiger partial charge is 0.350 e. The van der Waals surface area contributed by atoms with Gasteiger partial charge in [-0.2, -0.15) is 0 Å². The predicted octanol–water partition coefficient (Wildman–Crippen LogP) is 2.70. The molecule has 1 amide bonds. The van der Waals surface area contributed by atoms with Gasteiger partial charge in [-0.15, -0.1) is 0 Å². The summed E-state index contributed by atoms with van der Waals surface area (Å²) in [5, 5.41) is 2.91. The zero-order valence-electron chi connectivity index (χ0n) is 9.92. The standard InChI is InChI=1S/C13H19NO/c1-5-11-8-10(4)6-7-12(11)13(15)14-9(2)3/h6-9H,5H2,1-4H3,(H,14,15). The summed E-state index contributed by atoms with van der Waals surface area (Å²) in [6.45, 7) is 8.06. The van der Waals surface area contributed by atoms with Crippen molar-refractivity contribution in [1.29, 1.82) is 0 Å². The van der Waals surface area contributed by atoms with Crippen LogP contribution in [0.2, 0.25) is 0 Å². The molecule has 0 saturated carbocycles. The molecule has 0 unspecified atom stereocenters. The van der Waals surface area contributed by atoms with Gasteiger partial charge >= 0.3 is 0 Å². The van der Waals surface area contributed by atoms with Crippen molar-refractivity contribution in [3.63, 3.8) is 0 Å². The molecule has 1 aromatic rings. The van der Waals surface area contributed by atoms with Gasteiger partial charge in [0.1, 0.15) is 0 Å². The van der Waals surface area contributed by atoms with Crippen molar-refractivity contribution in [2.45, 2.75) is 40.2 Å². The van der Waals surface area contributed by atoms with Crippen LogP contribution in [0.5, 0.6) is 0 Å². The molecule has 0 aliphatic carbocycles. The minimum atomic E-state index is 0.0295. The quantitative estimate of drug-likeness (QED) is 0.807. The number of aryl methyl sites for hydroxylation is 2. The maximum absolute atomic E-state index is 11.8. The third-order valence-corrected chi connectivity index (χ3v) is 2.31. The smallest absolute Gasteiger partial charge is 0.251 e. The van der Waals surface area contributed by atoms with Gasteiger partial charge in [0.2, 0.25) is 0 Å². The predicted molar refractivity (Wildman–Crippen MR) is 63.2 cm³/mol. The summed E-state index contributed by atoms with van der Waals surface area (Å²) in [6, 6.07) is 6.15. The van der Waals surface area contributed by atoms with Gasteiger partial charge in [0.05, 0.1) is 0 Å². The van der Waals surface area contributed by atoms with E-state index in [2.05, 4.69) is 18.3 Å². The molecule has 0 bridgehead atoms. The molecule has 0 fully saturated rings. The molecule has 2 nitrogen and oxygen atoms in total. The van der Waals surface area contributed by atoms with Crippen LogP contribution in [-0.2, 0) is 6.42 Å². The lowest BCUT2D eigenvalue weighted by Gasteiger charge is -2.11. The van der Waals surface area contributed by atoms with Crippen molar-refractivity contribution in [2.75, 3.05) is 0 Å². The van der Waals surface area contributed by atoms with Crippen LogP contribution < -0.4 is 5.32 Å². The van der Waals surface area contributed by atoms with E-state index < -0.39 is 0 Å². The Morgan fingerprint density at radius 1 is 1.40 bits per heavy atom. The zero-order chi connectivity index (χ0) is 11.4. The number of carbonyl (C=O) groups excluding carboxylic acids is 1. The van der Waals surface area contributed by atoms with Crippen LogP contribution in [0.15, 0.2) is 18.2 Å². The average Bonchev–Trinajstić information content (AvgIpc) is 2.16. The fourth-order valence-electron chi connectivity index (χ4n) is 1.58. The lowest BCUT2D eigenvalue weighted by Crippen LogP contribution is -2.30. The van der Waals surface area contributed by atoms with E-state index in [1.165, 1.54) is 5.56 Å². The highest BCUT2D eigenvalue weighted by atomic mass is 16.1. The van der Waals surface area contributed by atoms with Gasteiger partial charge in [-0.1, -0.05) is 24.6 Å². The molecular weight excluding hydrogens is 186 g/mol. The molecule has 2 heteroatoms. The Morgan fingerprint density at radius 2 is 2.07 bits per heavy atom. The van der Waals surface area contributed by atoms with E-state index in [4.69, 9.17) is 0 Å². The van der Waals surface area contributed by atoms with Crippen molar-refractivity contribution < 1.29 is 4.79 Å². The monoisotopic (exact) mass is 205 g/mol. The topological polar surface area (TPSA) is 29.1 Å². The van der Waals surface area contributed by atoms with E-state index in [9.17, 15) is 4.79 Å². The fraction of sp³-hybridized carbons (Fsp3) is 0.462. The summed E-state index contributed by atoms with van der Waals surface area (Å²) in [5.41, 5.74) is 3.12. The number of nitrogens with one attached hydrogen (secondary N) is 1. The van der Waals surface area contributed by atoms with Crippen LogP contribution in [0.4, 0.5) is 0 Å². The third-order valence-electron chi connectivity index (χ3n) is 2.31. The minimum Gasteiger partial charge on any atom is -0.350 e. The van der Waals surface area contributed by atoms with Gasteiger partial charge in [0.15, 0.2) is 0 Å². The number of rotatable bonds is 3. The molecule has 0 heterocycles. The molecule has 1 rings (SSSR count). The molecule has 0 saturated heterocycles. The van der Waals surface area contributed by atoms with E-state index >= 15 is 0 Å². The molecule has 0 atom stereocenters. The molecule has 0 aliphatic heterocycles. The average molecular weight is 205 g/mol. The highest BCUT2D eigenvalue weighted by molar-refractivity contribution is 5.95. The van der Waals surface area contributed by atoms with Gasteiger partial charge in [0.25, 0.3) is 5.91 Å². The second kappa shape index (κ2) is 4.96. The number of benzene rings is 1. The van der Waals surface area contributed by atoms with Gasteiger partial charge in [-0.3, -0.25) is 4.79 Å². The van der Waals surface area contributed by atoms with E-state index in [-0.39, 0.29) is 11.9 Å². The Balaban J connectivity index is 2.97. The van der Waals surface area contributed by atoms with Gasteiger partial charge < -0.3 is 5.32 Å². The zero-order valence-corrected chi connectivity index (χ0v) is 9.92. The lowest BCUT2D eigenvalue weighted by atomic mass is 10.0. The van der Waals surface area contributed by atoms with E-state index in [1.54, 1.807) is 0 Å². The van der Waals surface area contributed by atoms with Crippen molar-refractivity contribution in [2.24, 2.45) is 0 Å². The molecule has 82 valence electrons. The Morgan fingerprint density at radius 3 is 2.60 bits per heavy atom. The summed E-state index contributed by atoms with van der Waals surface area (Å²) in [4.78, 5) is 11.8. The minimum absolute atomic E-state index is 0.0295. The van der Waals surface area contributed by atoms with Crippen molar-refractivity contribution >= 4 is 5.91 Å². The molecular formula is C13H19NO. The summed E-state index contributed by atoms with van der Waals surface area (Å²) < 4.78 is 0. The number of amides is 1. The van der Waals surface area contributed by atoms with Crippen LogP contribution in [0, 0.1) is 6.92 Å². The first-order chi connectivity index (χ1) is 7.04. The van der Waals surface area contributed by atoms with Crippen molar-refractivity contribution in [3.05, 3.63) is 34.9 Å². The third kappa shape index (κ3) is 3.08. The number of hydrogen-bond acceptors (Lipinski definition) is 1. The van der Waals surface area contributed by atoms with Crippen LogP contribution in [-0.4, -0.2) is 11.9 Å². The van der Waals surface area contributed by atoms with Gasteiger partial charge in [-0.05, 0) is 38.8 Å². The van der Waals surface area contributed by atoms with Crippen LogP contribution in [0.25, 0.3) is 0 Å². The number of hydrogen-bond donors (Lipinski definition) is 1. The first kappa shape index (κ1) is 11.8. The van der Waals surface area contributed by atoms with Crippen LogP contribution in [0.1, 0.15) is 42.3 Å². The molecule has 1 N–H and O–H groups in total. The van der Waals surface area contributed by atoms with Crippen molar-refractivity contribution in [1.82, 2.24) is 5.32 Å². The first-order valence-electron chi connectivity index (χ1n) is 5.45. The summed E-state index contributed by atoms with van der Waals surface area (Å²) in [5.74, 6) is 0.0295. The lowest BCUT2D eigenvalue weighted by molar-refractivity contribution is 0.0942. The second-order valence-electron chi connectivity index (χ2n) is 4.14. The molecule has 0 radical (unpaired) electrons. The van der Waals surface area contributed by atoms with E-state index in [1.807, 2.05) is 32.9 Å². The summed E-state index contributed by atoms with van der Waals surface area (Å²) in [6.07, 6.45) is 0.891. The maximum Gasteiger partial charge on any atom is 0.251 e. The maximum atomic E-state index is 11.8. The Hall–Kier alpha value is -1.31. The molecule has 1 aromatic carbocycles. The normalized spacial score (nSPS) is 10.5. The first-order valence-corrected chi connectivity index (χ1v) is 5.45. The van der Waals surface area contributed by atoms with Crippen molar-refractivity contribution in [3.8, 4) is 0 Å². The Kier molecular flexibility index (Phi) is 3.89. The fourth-order valence-corrected chi connectivity index (χ4v) is 1.58. The van der Waals surface area contributed by atoms with Gasteiger partial charge in [0, 0.05) is 11.6 Å². The summed E-state index contributed by atoms with van der Waals surface area (Å²) >= 11 is 0. The van der Waals surface area contributed by atoms with E-state index in [0.717, 1.165) is 17.5 Å². The van der Waals surface area contributed by atoms with Crippen LogP contribution in [0.3, 0.4) is 0 Å². The molecule has 0 aromatic heterocycles. The van der Waals surface area contributed by atoms with E-state index in [0.29, 0.717) is 0 Å². The van der Waals surface area contributed by atoms with Gasteiger partial charge in [-0.25, -0.2) is 0 Å². The van der Waals surface area contributed by atoms with Crippen LogP contribution >= 0.6 is 0 Å².